The summed E-state index contributed by atoms with van der Waals surface area (Å²) in [4.78, 5) is 11.9. The molecule has 0 N–H and O–H groups in total. The summed E-state index contributed by atoms with van der Waals surface area (Å²) in [5, 5.41) is 0. The van der Waals surface area contributed by atoms with E-state index >= 15 is 0 Å². The summed E-state index contributed by atoms with van der Waals surface area (Å²) < 4.78 is 15.1. The normalized spacial score (nSPS) is 10.0. The molecule has 3 nitrogen and oxygen atoms in total. The topological polar surface area (TPSA) is 43.4 Å². The second-order valence-electron chi connectivity index (χ2n) is 4.69. The van der Waals surface area contributed by atoms with Crippen molar-refractivity contribution in [3.8, 4) is 11.1 Å². The van der Waals surface area contributed by atoms with Crippen molar-refractivity contribution in [1.29, 1.82) is 0 Å². The molecule has 2 aromatic carbocycles. The molecule has 1 unspecified atom stereocenters. The SMILES string of the molecule is Cc1c(C(=O)O[PH+]=O)cc(-c2ccccc2)c(C)c1C.[Li]. The van der Waals surface area contributed by atoms with E-state index in [0.29, 0.717) is 5.56 Å². The molecule has 2 rings (SSSR count). The Kier molecular flexibility index (Phi) is 6.36. The van der Waals surface area contributed by atoms with Crippen molar-refractivity contribution >= 4 is 33.5 Å². The van der Waals surface area contributed by atoms with Gasteiger partial charge in [-0.25, -0.2) is 9.32 Å². The molecule has 0 heterocycles. The Morgan fingerprint density at radius 3 is 2.19 bits per heavy atom. The largest absolute Gasteiger partial charge is 0.545 e. The fraction of sp³-hybridized carbons (Fsp3) is 0.188. The first-order chi connectivity index (χ1) is 9.56. The van der Waals surface area contributed by atoms with Crippen molar-refractivity contribution in [2.75, 3.05) is 0 Å². The fourth-order valence-electron chi connectivity index (χ4n) is 2.27. The second kappa shape index (κ2) is 7.57. The van der Waals surface area contributed by atoms with Crippen LogP contribution in [0.4, 0.5) is 0 Å². The van der Waals surface area contributed by atoms with Gasteiger partial charge in [0.2, 0.25) is 0 Å². The summed E-state index contributed by atoms with van der Waals surface area (Å²) in [6, 6.07) is 11.7. The van der Waals surface area contributed by atoms with Crippen LogP contribution in [0.5, 0.6) is 0 Å². The number of hydrogen-bond acceptors (Lipinski definition) is 3. The number of carbonyl (C=O) groups excluding carboxylic acids is 1. The van der Waals surface area contributed by atoms with Gasteiger partial charge in [-0.05, 0) is 59.2 Å². The minimum Gasteiger partial charge on any atom is -0.241 e. The number of hydrogen-bond donors (Lipinski definition) is 0. The van der Waals surface area contributed by atoms with Gasteiger partial charge in [0.15, 0.2) is 0 Å². The minimum absolute atomic E-state index is 0. The van der Waals surface area contributed by atoms with Crippen molar-refractivity contribution in [3.63, 3.8) is 0 Å². The van der Waals surface area contributed by atoms with Gasteiger partial charge < -0.3 is 0 Å². The van der Waals surface area contributed by atoms with Gasteiger partial charge in [-0.15, -0.1) is 0 Å². The van der Waals surface area contributed by atoms with Gasteiger partial charge in [0.05, 0.1) is 5.56 Å². The van der Waals surface area contributed by atoms with Crippen LogP contribution in [0, 0.1) is 20.8 Å². The molecule has 1 radical (unpaired) electrons. The number of carbonyl (C=O) groups is 1. The summed E-state index contributed by atoms with van der Waals surface area (Å²) in [5.41, 5.74) is 5.56. The molecular weight excluding hydrogens is 278 g/mol. The molecule has 5 heteroatoms. The monoisotopic (exact) mass is 294 g/mol. The molecule has 103 valence electrons. The predicted octanol–water partition coefficient (Wildman–Crippen LogP) is 3.99. The van der Waals surface area contributed by atoms with E-state index in [9.17, 15) is 9.36 Å². The standard InChI is InChI=1S/C16H16O3P.Li/c1-10-11(2)14(13-7-5-4-6-8-13)9-15(12(10)3)16(17)19-20-18;/h4-9,20H,1-3H3;/q+1;. The van der Waals surface area contributed by atoms with E-state index in [1.54, 1.807) is 0 Å². The van der Waals surface area contributed by atoms with Crippen LogP contribution in [0.3, 0.4) is 0 Å². The third-order valence-corrected chi connectivity index (χ3v) is 3.93. The quantitative estimate of drug-likeness (QED) is 0.635. The maximum absolute atomic E-state index is 11.9. The molecule has 0 amide bonds. The molecule has 0 aromatic heterocycles. The Morgan fingerprint density at radius 1 is 1.00 bits per heavy atom. The molecule has 0 spiro atoms. The van der Waals surface area contributed by atoms with Crippen LogP contribution in [0.1, 0.15) is 27.0 Å². The average molecular weight is 294 g/mol. The van der Waals surface area contributed by atoms with Crippen molar-refractivity contribution in [2.45, 2.75) is 20.8 Å². The Hall–Kier alpha value is -1.39. The average Bonchev–Trinajstić information content (AvgIpc) is 2.46. The van der Waals surface area contributed by atoms with Gasteiger partial charge in [0, 0.05) is 18.9 Å². The van der Waals surface area contributed by atoms with Crippen molar-refractivity contribution in [1.82, 2.24) is 0 Å². The molecule has 0 aliphatic rings. The Bertz CT molecular complexity index is 669. The fourth-order valence-corrected chi connectivity index (χ4v) is 2.45. The second-order valence-corrected chi connectivity index (χ2v) is 5.06. The van der Waals surface area contributed by atoms with Gasteiger partial charge in [-0.3, -0.25) is 0 Å². The van der Waals surface area contributed by atoms with Gasteiger partial charge in [-0.2, -0.15) is 0 Å². The van der Waals surface area contributed by atoms with Gasteiger partial charge in [-0.1, -0.05) is 30.3 Å². The van der Waals surface area contributed by atoms with Crippen LogP contribution in [0.25, 0.3) is 11.1 Å². The number of benzene rings is 2. The van der Waals surface area contributed by atoms with E-state index in [4.69, 9.17) is 0 Å². The maximum atomic E-state index is 11.9. The molecule has 2 aromatic rings. The van der Waals surface area contributed by atoms with Crippen molar-refractivity contribution < 1.29 is 13.9 Å². The predicted molar refractivity (Wildman–Crippen MR) is 86.3 cm³/mol. The molecule has 0 saturated carbocycles. The first kappa shape index (κ1) is 17.7. The zero-order valence-corrected chi connectivity index (χ0v) is 13.7. The number of rotatable bonds is 3. The van der Waals surface area contributed by atoms with E-state index < -0.39 is 14.7 Å². The van der Waals surface area contributed by atoms with Gasteiger partial charge in [0.1, 0.15) is 0 Å². The molecular formula is C16H16LiO3P+. The first-order valence-corrected chi connectivity index (χ1v) is 7.12. The zero-order chi connectivity index (χ0) is 14.7. The molecule has 21 heavy (non-hydrogen) atoms. The summed E-state index contributed by atoms with van der Waals surface area (Å²) in [6.07, 6.45) is 0. The Balaban J connectivity index is 0.00000220. The van der Waals surface area contributed by atoms with E-state index in [-0.39, 0.29) is 18.9 Å². The molecule has 0 bridgehead atoms. The molecule has 0 saturated heterocycles. The summed E-state index contributed by atoms with van der Waals surface area (Å²) in [5.74, 6) is -0.545. The van der Waals surface area contributed by atoms with E-state index in [1.807, 2.05) is 57.2 Å². The van der Waals surface area contributed by atoms with Crippen LogP contribution >= 0.6 is 8.69 Å². The van der Waals surface area contributed by atoms with Gasteiger partial charge >= 0.3 is 14.7 Å². The molecule has 0 fully saturated rings. The van der Waals surface area contributed by atoms with Crippen molar-refractivity contribution in [3.05, 3.63) is 58.7 Å². The molecule has 1 atom stereocenters. The summed E-state index contributed by atoms with van der Waals surface area (Å²) in [7, 11) is -1.08. The zero-order valence-electron chi connectivity index (χ0n) is 12.7. The maximum Gasteiger partial charge on any atom is 0.545 e. The van der Waals surface area contributed by atoms with E-state index in [0.717, 1.165) is 27.8 Å². The first-order valence-electron chi connectivity index (χ1n) is 6.30. The third kappa shape index (κ3) is 3.63. The summed E-state index contributed by atoms with van der Waals surface area (Å²) in [6.45, 7) is 5.89. The van der Waals surface area contributed by atoms with Crippen LogP contribution in [0.15, 0.2) is 36.4 Å². The van der Waals surface area contributed by atoms with Crippen LogP contribution < -0.4 is 0 Å². The molecule has 0 aliphatic carbocycles. The van der Waals surface area contributed by atoms with E-state index in [2.05, 4.69) is 4.52 Å². The minimum atomic E-state index is -1.08. The Morgan fingerprint density at radius 2 is 1.62 bits per heavy atom. The smallest absolute Gasteiger partial charge is 0.241 e. The third-order valence-electron chi connectivity index (χ3n) is 3.66. The van der Waals surface area contributed by atoms with Crippen LogP contribution in [-0.2, 0) is 9.09 Å². The van der Waals surface area contributed by atoms with Gasteiger partial charge in [0.25, 0.3) is 0 Å². The molecule has 0 aliphatic heterocycles. The van der Waals surface area contributed by atoms with Crippen molar-refractivity contribution in [2.24, 2.45) is 0 Å². The van der Waals surface area contributed by atoms with Crippen LogP contribution in [0.2, 0.25) is 0 Å². The van der Waals surface area contributed by atoms with Crippen LogP contribution in [-0.4, -0.2) is 24.8 Å². The van der Waals surface area contributed by atoms with E-state index in [1.165, 1.54) is 0 Å². The summed E-state index contributed by atoms with van der Waals surface area (Å²) >= 11 is 0. The Labute approximate surface area is 138 Å².